The molecule has 0 aromatic heterocycles. The molecule has 0 amide bonds. The van der Waals surface area contributed by atoms with E-state index in [4.69, 9.17) is 10.5 Å². The van der Waals surface area contributed by atoms with Crippen molar-refractivity contribution in [1.82, 2.24) is 0 Å². The Morgan fingerprint density at radius 3 is 2.09 bits per heavy atom. The van der Waals surface area contributed by atoms with E-state index in [1.54, 1.807) is 12.1 Å². The Bertz CT molecular complexity index is 749. The third-order valence-electron chi connectivity index (χ3n) is 2.74. The molecular formula is C16H11FN2O4. The van der Waals surface area contributed by atoms with Crippen molar-refractivity contribution < 1.29 is 23.5 Å². The summed E-state index contributed by atoms with van der Waals surface area (Å²) < 4.78 is 22.1. The first-order valence-electron chi connectivity index (χ1n) is 6.17. The summed E-state index contributed by atoms with van der Waals surface area (Å²) in [6.07, 6.45) is 0.805. The second-order valence-electron chi connectivity index (χ2n) is 4.05. The van der Waals surface area contributed by atoms with E-state index >= 15 is 0 Å². The molecule has 1 rings (SSSR count). The number of carbonyl (C=O) groups is 2. The molecule has 0 heterocycles. The van der Waals surface area contributed by atoms with Crippen molar-refractivity contribution in [2.75, 3.05) is 14.2 Å². The van der Waals surface area contributed by atoms with Crippen molar-refractivity contribution in [2.45, 2.75) is 0 Å². The van der Waals surface area contributed by atoms with E-state index in [0.29, 0.717) is 0 Å². The Labute approximate surface area is 131 Å². The van der Waals surface area contributed by atoms with Crippen LogP contribution in [-0.2, 0) is 19.1 Å². The normalized spacial score (nSPS) is 10.0. The van der Waals surface area contributed by atoms with Gasteiger partial charge in [-0.15, -0.1) is 0 Å². The fourth-order valence-corrected chi connectivity index (χ4v) is 1.71. The van der Waals surface area contributed by atoms with Gasteiger partial charge in [0.2, 0.25) is 0 Å². The number of allylic oxidation sites excluding steroid dienone is 1. The maximum atomic E-state index is 13.1. The van der Waals surface area contributed by atoms with E-state index in [9.17, 15) is 14.0 Å². The average molecular weight is 314 g/mol. The summed E-state index contributed by atoms with van der Waals surface area (Å²) in [4.78, 5) is 23.4. The molecule has 0 atom stereocenters. The number of halogens is 1. The predicted octanol–water partition coefficient (Wildman–Crippen LogP) is 1.90. The van der Waals surface area contributed by atoms with Crippen LogP contribution >= 0.6 is 0 Å². The van der Waals surface area contributed by atoms with Crippen LogP contribution in [0.1, 0.15) is 5.56 Å². The number of esters is 2. The van der Waals surface area contributed by atoms with Crippen LogP contribution in [0.25, 0.3) is 5.57 Å². The number of ether oxygens (including phenoxy) is 2. The lowest BCUT2D eigenvalue weighted by Gasteiger charge is -2.11. The third-order valence-corrected chi connectivity index (χ3v) is 2.74. The maximum Gasteiger partial charge on any atom is 0.338 e. The molecule has 1 aromatic carbocycles. The van der Waals surface area contributed by atoms with Crippen molar-refractivity contribution in [3.8, 4) is 12.1 Å². The minimum atomic E-state index is -0.947. The molecule has 0 radical (unpaired) electrons. The van der Waals surface area contributed by atoms with E-state index in [0.717, 1.165) is 32.4 Å². The number of hydrogen-bond acceptors (Lipinski definition) is 6. The summed E-state index contributed by atoms with van der Waals surface area (Å²) in [6.45, 7) is 0. The summed E-state index contributed by atoms with van der Waals surface area (Å²) in [5.41, 5.74) is -0.724. The van der Waals surface area contributed by atoms with Gasteiger partial charge in [0.05, 0.1) is 19.8 Å². The molecule has 116 valence electrons. The minimum Gasteiger partial charge on any atom is -0.466 e. The molecule has 23 heavy (non-hydrogen) atoms. The summed E-state index contributed by atoms with van der Waals surface area (Å²) in [6, 6.07) is 8.01. The number of rotatable bonds is 4. The zero-order valence-corrected chi connectivity index (χ0v) is 12.3. The first-order valence-corrected chi connectivity index (χ1v) is 6.17. The molecule has 0 bridgehead atoms. The Hall–Kier alpha value is -3.45. The highest BCUT2D eigenvalue weighted by Crippen LogP contribution is 2.28. The molecular weight excluding hydrogens is 303 g/mol. The van der Waals surface area contributed by atoms with E-state index in [1.807, 2.05) is 0 Å². The van der Waals surface area contributed by atoms with Gasteiger partial charge in [0.25, 0.3) is 0 Å². The highest BCUT2D eigenvalue weighted by atomic mass is 19.1. The Morgan fingerprint density at radius 2 is 1.65 bits per heavy atom. The second kappa shape index (κ2) is 8.11. The van der Waals surface area contributed by atoms with Gasteiger partial charge >= 0.3 is 11.9 Å². The van der Waals surface area contributed by atoms with Gasteiger partial charge in [0.15, 0.2) is 0 Å². The molecule has 0 spiro atoms. The summed E-state index contributed by atoms with van der Waals surface area (Å²) >= 11 is 0. The quantitative estimate of drug-likeness (QED) is 0.364. The number of hydrogen-bond donors (Lipinski definition) is 0. The Kier molecular flexibility index (Phi) is 6.20. The molecule has 1 aromatic rings. The van der Waals surface area contributed by atoms with Crippen molar-refractivity contribution in [3.05, 3.63) is 52.9 Å². The smallest absolute Gasteiger partial charge is 0.338 e. The third kappa shape index (κ3) is 4.26. The van der Waals surface area contributed by atoms with Crippen LogP contribution in [0.4, 0.5) is 4.39 Å². The zero-order valence-electron chi connectivity index (χ0n) is 12.3. The van der Waals surface area contributed by atoms with Crippen molar-refractivity contribution in [2.24, 2.45) is 0 Å². The number of nitrogens with zero attached hydrogens (tertiary/aromatic N) is 2. The molecule has 0 N–H and O–H groups in total. The molecule has 0 saturated heterocycles. The number of benzene rings is 1. The van der Waals surface area contributed by atoms with Gasteiger partial charge in [-0.05, 0) is 17.7 Å². The van der Waals surface area contributed by atoms with Crippen molar-refractivity contribution in [3.63, 3.8) is 0 Å². The van der Waals surface area contributed by atoms with Crippen LogP contribution < -0.4 is 0 Å². The molecule has 0 unspecified atom stereocenters. The Morgan fingerprint density at radius 1 is 1.09 bits per heavy atom. The van der Waals surface area contributed by atoms with E-state index in [1.165, 1.54) is 12.1 Å². The van der Waals surface area contributed by atoms with Gasteiger partial charge in [-0.2, -0.15) is 10.5 Å². The summed E-state index contributed by atoms with van der Waals surface area (Å²) in [7, 11) is 2.18. The van der Waals surface area contributed by atoms with E-state index < -0.39 is 23.3 Å². The van der Waals surface area contributed by atoms with Gasteiger partial charge in [-0.25, -0.2) is 14.0 Å². The SMILES string of the molecule is COC(=O)/C=C(\C(=O)OC)C(=C(C#N)C#N)c1ccc(F)cc1. The molecule has 0 aliphatic rings. The van der Waals surface area contributed by atoms with Crippen LogP contribution in [0.3, 0.4) is 0 Å². The minimum absolute atomic E-state index is 0.146. The number of carbonyl (C=O) groups excluding carboxylic acids is 2. The van der Waals surface area contributed by atoms with Gasteiger partial charge in [0, 0.05) is 11.6 Å². The van der Waals surface area contributed by atoms with Crippen molar-refractivity contribution in [1.29, 1.82) is 10.5 Å². The largest absolute Gasteiger partial charge is 0.466 e. The lowest BCUT2D eigenvalue weighted by Crippen LogP contribution is -2.11. The topological polar surface area (TPSA) is 100 Å². The lowest BCUT2D eigenvalue weighted by atomic mass is 9.93. The predicted molar refractivity (Wildman–Crippen MR) is 76.7 cm³/mol. The highest BCUT2D eigenvalue weighted by molar-refractivity contribution is 6.11. The van der Waals surface area contributed by atoms with E-state index in [2.05, 4.69) is 9.47 Å². The zero-order chi connectivity index (χ0) is 17.4. The fourth-order valence-electron chi connectivity index (χ4n) is 1.71. The highest BCUT2D eigenvalue weighted by Gasteiger charge is 2.23. The van der Waals surface area contributed by atoms with Gasteiger partial charge in [-0.1, -0.05) is 12.1 Å². The molecule has 6 nitrogen and oxygen atoms in total. The van der Waals surface area contributed by atoms with Crippen LogP contribution in [-0.4, -0.2) is 26.2 Å². The molecule has 7 heteroatoms. The molecule has 0 aliphatic heterocycles. The van der Waals surface area contributed by atoms with Crippen LogP contribution in [0.5, 0.6) is 0 Å². The number of methoxy groups -OCH3 is 2. The number of nitriles is 2. The fraction of sp³-hybridized carbons (Fsp3) is 0.125. The van der Waals surface area contributed by atoms with Crippen LogP contribution in [0, 0.1) is 28.5 Å². The van der Waals surface area contributed by atoms with Crippen LogP contribution in [0.15, 0.2) is 41.5 Å². The monoisotopic (exact) mass is 314 g/mol. The van der Waals surface area contributed by atoms with Crippen LogP contribution in [0.2, 0.25) is 0 Å². The van der Waals surface area contributed by atoms with Gasteiger partial charge in [0.1, 0.15) is 23.5 Å². The van der Waals surface area contributed by atoms with Crippen molar-refractivity contribution >= 4 is 17.5 Å². The molecule has 0 saturated carbocycles. The van der Waals surface area contributed by atoms with E-state index in [-0.39, 0.29) is 16.7 Å². The summed E-state index contributed by atoms with van der Waals surface area (Å²) in [5.74, 6) is -2.36. The maximum absolute atomic E-state index is 13.1. The molecule has 0 aliphatic carbocycles. The standard InChI is InChI=1S/C16H11FN2O4/c1-22-14(20)7-13(16(21)23-2)15(11(8-18)9-19)10-3-5-12(17)6-4-10/h3-7H,1-2H3/b13-7-. The first-order chi connectivity index (χ1) is 11.0. The summed E-state index contributed by atoms with van der Waals surface area (Å²) in [5, 5.41) is 18.2. The lowest BCUT2D eigenvalue weighted by molar-refractivity contribution is -0.138. The van der Waals surface area contributed by atoms with Gasteiger partial charge < -0.3 is 9.47 Å². The second-order valence-corrected chi connectivity index (χ2v) is 4.05. The van der Waals surface area contributed by atoms with Gasteiger partial charge in [-0.3, -0.25) is 0 Å². The molecule has 0 fully saturated rings. The average Bonchev–Trinajstić information content (AvgIpc) is 2.58. The Balaban J connectivity index is 3.71. The first kappa shape index (κ1) is 17.6.